The van der Waals surface area contributed by atoms with Gasteiger partial charge in [-0.15, -0.1) is 0 Å². The molecule has 0 aliphatic rings. The van der Waals surface area contributed by atoms with E-state index in [-0.39, 0.29) is 18.1 Å². The van der Waals surface area contributed by atoms with Crippen LogP contribution in [0.3, 0.4) is 0 Å². The summed E-state index contributed by atoms with van der Waals surface area (Å²) in [6, 6.07) is 11.3. The van der Waals surface area contributed by atoms with E-state index in [9.17, 15) is 9.18 Å². The van der Waals surface area contributed by atoms with Crippen molar-refractivity contribution in [3.8, 4) is 11.5 Å². The lowest BCUT2D eigenvalue weighted by molar-refractivity contribution is -0.120. The molecule has 0 saturated heterocycles. The Morgan fingerprint density at radius 3 is 2.36 bits per heavy atom. The van der Waals surface area contributed by atoms with E-state index < -0.39 is 0 Å². The van der Waals surface area contributed by atoms with Gasteiger partial charge in [-0.2, -0.15) is 5.10 Å². The standard InChI is InChI=1S/C19H21FN2O3/c1-4-16(14-7-10-17(24-2)18(12-14)25-3)21-22-19(23)11-13-5-8-15(20)9-6-13/h5-10,12H,4,11H2,1-3H3,(H,22,23)/b21-16+. The number of halogens is 1. The molecule has 0 aliphatic heterocycles. The highest BCUT2D eigenvalue weighted by atomic mass is 19.1. The number of hydrazone groups is 1. The number of amides is 1. The molecular weight excluding hydrogens is 323 g/mol. The molecule has 132 valence electrons. The summed E-state index contributed by atoms with van der Waals surface area (Å²) >= 11 is 0. The van der Waals surface area contributed by atoms with Crippen LogP contribution in [-0.4, -0.2) is 25.8 Å². The highest BCUT2D eigenvalue weighted by Crippen LogP contribution is 2.28. The van der Waals surface area contributed by atoms with E-state index in [2.05, 4.69) is 10.5 Å². The lowest BCUT2D eigenvalue weighted by Crippen LogP contribution is -2.21. The predicted octanol–water partition coefficient (Wildman–Crippen LogP) is 3.32. The molecule has 0 heterocycles. The lowest BCUT2D eigenvalue weighted by Gasteiger charge is -2.10. The molecule has 2 aromatic rings. The number of carbonyl (C=O) groups is 1. The fourth-order valence-electron chi connectivity index (χ4n) is 2.32. The van der Waals surface area contributed by atoms with Gasteiger partial charge in [0.15, 0.2) is 11.5 Å². The molecule has 0 bridgehead atoms. The summed E-state index contributed by atoms with van der Waals surface area (Å²) in [5.41, 5.74) is 4.82. The molecule has 1 N–H and O–H groups in total. The second-order valence-electron chi connectivity index (χ2n) is 5.32. The number of hydrogen-bond acceptors (Lipinski definition) is 4. The zero-order valence-corrected chi connectivity index (χ0v) is 14.5. The van der Waals surface area contributed by atoms with Gasteiger partial charge < -0.3 is 9.47 Å². The number of ether oxygens (including phenoxy) is 2. The molecule has 1 amide bonds. The molecule has 0 unspecified atom stereocenters. The van der Waals surface area contributed by atoms with E-state index in [1.165, 1.54) is 12.1 Å². The number of benzene rings is 2. The van der Waals surface area contributed by atoms with Gasteiger partial charge in [0.05, 0.1) is 26.4 Å². The number of nitrogens with zero attached hydrogens (tertiary/aromatic N) is 1. The van der Waals surface area contributed by atoms with Crippen LogP contribution in [0.4, 0.5) is 4.39 Å². The molecule has 2 aromatic carbocycles. The summed E-state index contributed by atoms with van der Waals surface area (Å²) in [7, 11) is 3.14. The Bertz CT molecular complexity index is 758. The van der Waals surface area contributed by atoms with Gasteiger partial charge in [-0.25, -0.2) is 9.82 Å². The molecule has 6 heteroatoms. The Labute approximate surface area is 146 Å². The zero-order valence-electron chi connectivity index (χ0n) is 14.5. The Morgan fingerprint density at radius 2 is 1.76 bits per heavy atom. The van der Waals surface area contributed by atoms with Gasteiger partial charge in [-0.05, 0) is 42.3 Å². The molecule has 0 fully saturated rings. The maximum atomic E-state index is 12.9. The molecule has 0 aliphatic carbocycles. The first-order valence-electron chi connectivity index (χ1n) is 7.89. The SMILES string of the molecule is CC/C(=N\NC(=O)Cc1ccc(F)cc1)c1ccc(OC)c(OC)c1. The Balaban J connectivity index is 2.09. The van der Waals surface area contributed by atoms with E-state index in [0.717, 1.165) is 11.1 Å². The van der Waals surface area contributed by atoms with E-state index in [1.807, 2.05) is 19.1 Å². The summed E-state index contributed by atoms with van der Waals surface area (Å²) in [6.07, 6.45) is 0.763. The molecular formula is C19H21FN2O3. The van der Waals surface area contributed by atoms with E-state index in [0.29, 0.717) is 23.6 Å². The van der Waals surface area contributed by atoms with Crippen LogP contribution in [0.1, 0.15) is 24.5 Å². The van der Waals surface area contributed by atoms with Crippen molar-refractivity contribution < 1.29 is 18.7 Å². The summed E-state index contributed by atoms with van der Waals surface area (Å²) < 4.78 is 23.4. The van der Waals surface area contributed by atoms with Crippen LogP contribution in [0.25, 0.3) is 0 Å². The molecule has 0 saturated carbocycles. The van der Waals surface area contributed by atoms with Crippen LogP contribution in [0.2, 0.25) is 0 Å². The third kappa shape index (κ3) is 5.04. The maximum absolute atomic E-state index is 12.9. The molecule has 2 rings (SSSR count). The number of methoxy groups -OCH3 is 2. The number of nitrogens with one attached hydrogen (secondary N) is 1. The van der Waals surface area contributed by atoms with Crippen LogP contribution in [0, 0.1) is 5.82 Å². The van der Waals surface area contributed by atoms with Crippen molar-refractivity contribution in [1.82, 2.24) is 5.43 Å². The molecule has 0 aromatic heterocycles. The van der Waals surface area contributed by atoms with Gasteiger partial charge in [0, 0.05) is 5.56 Å². The Hall–Kier alpha value is -2.89. The van der Waals surface area contributed by atoms with Gasteiger partial charge >= 0.3 is 0 Å². The van der Waals surface area contributed by atoms with Gasteiger partial charge in [0.1, 0.15) is 5.82 Å². The minimum atomic E-state index is -0.330. The number of carbonyl (C=O) groups excluding carboxylic acids is 1. The molecule has 0 radical (unpaired) electrons. The molecule has 0 spiro atoms. The summed E-state index contributed by atoms with van der Waals surface area (Å²) in [5.74, 6) is 0.628. The predicted molar refractivity (Wildman–Crippen MR) is 94.6 cm³/mol. The fraction of sp³-hybridized carbons (Fsp3) is 0.263. The zero-order chi connectivity index (χ0) is 18.2. The number of hydrogen-bond donors (Lipinski definition) is 1. The maximum Gasteiger partial charge on any atom is 0.244 e. The molecule has 5 nitrogen and oxygen atoms in total. The van der Waals surface area contributed by atoms with Crippen molar-refractivity contribution >= 4 is 11.6 Å². The van der Waals surface area contributed by atoms with Crippen LogP contribution in [-0.2, 0) is 11.2 Å². The lowest BCUT2D eigenvalue weighted by atomic mass is 10.1. The summed E-state index contributed by atoms with van der Waals surface area (Å²) in [6.45, 7) is 1.95. The smallest absolute Gasteiger partial charge is 0.244 e. The van der Waals surface area contributed by atoms with Crippen LogP contribution in [0.5, 0.6) is 11.5 Å². The van der Waals surface area contributed by atoms with Gasteiger partial charge in [0.25, 0.3) is 0 Å². The third-order valence-electron chi connectivity index (χ3n) is 3.65. The van der Waals surface area contributed by atoms with E-state index in [4.69, 9.17) is 9.47 Å². The van der Waals surface area contributed by atoms with Crippen LogP contribution >= 0.6 is 0 Å². The first-order valence-corrected chi connectivity index (χ1v) is 7.89. The topological polar surface area (TPSA) is 59.9 Å². The van der Waals surface area contributed by atoms with Gasteiger partial charge in [-0.1, -0.05) is 19.1 Å². The number of rotatable bonds is 7. The van der Waals surface area contributed by atoms with Gasteiger partial charge in [-0.3, -0.25) is 4.79 Å². The Morgan fingerprint density at radius 1 is 1.08 bits per heavy atom. The quantitative estimate of drug-likeness (QED) is 0.619. The minimum Gasteiger partial charge on any atom is -0.493 e. The monoisotopic (exact) mass is 344 g/mol. The van der Waals surface area contributed by atoms with Crippen molar-refractivity contribution in [1.29, 1.82) is 0 Å². The van der Waals surface area contributed by atoms with Crippen molar-refractivity contribution in [3.63, 3.8) is 0 Å². The highest BCUT2D eigenvalue weighted by Gasteiger charge is 2.09. The average molecular weight is 344 g/mol. The summed E-state index contributed by atoms with van der Waals surface area (Å²) in [4.78, 5) is 12.0. The normalized spacial score (nSPS) is 11.1. The largest absolute Gasteiger partial charge is 0.493 e. The van der Waals surface area contributed by atoms with Crippen molar-refractivity contribution in [2.45, 2.75) is 19.8 Å². The fourth-order valence-corrected chi connectivity index (χ4v) is 2.32. The van der Waals surface area contributed by atoms with E-state index >= 15 is 0 Å². The van der Waals surface area contributed by atoms with Crippen molar-refractivity contribution in [3.05, 3.63) is 59.4 Å². The van der Waals surface area contributed by atoms with Crippen molar-refractivity contribution in [2.75, 3.05) is 14.2 Å². The first kappa shape index (κ1) is 18.4. The third-order valence-corrected chi connectivity index (χ3v) is 3.65. The van der Waals surface area contributed by atoms with Crippen LogP contribution in [0.15, 0.2) is 47.6 Å². The minimum absolute atomic E-state index is 0.132. The first-order chi connectivity index (χ1) is 12.1. The second kappa shape index (κ2) is 8.82. The summed E-state index contributed by atoms with van der Waals surface area (Å²) in [5, 5.41) is 4.20. The second-order valence-corrected chi connectivity index (χ2v) is 5.32. The highest BCUT2D eigenvalue weighted by molar-refractivity contribution is 6.01. The van der Waals surface area contributed by atoms with Gasteiger partial charge in [0.2, 0.25) is 5.91 Å². The average Bonchev–Trinajstić information content (AvgIpc) is 2.63. The molecule has 25 heavy (non-hydrogen) atoms. The van der Waals surface area contributed by atoms with E-state index in [1.54, 1.807) is 32.4 Å². The van der Waals surface area contributed by atoms with Crippen molar-refractivity contribution in [2.24, 2.45) is 5.10 Å². The Kier molecular flexibility index (Phi) is 6.51. The molecule has 0 atom stereocenters. The van der Waals surface area contributed by atoms with Crippen LogP contribution < -0.4 is 14.9 Å².